The van der Waals surface area contributed by atoms with Crippen LogP contribution in [0.5, 0.6) is 0 Å². The zero-order valence-corrected chi connectivity index (χ0v) is 27.0. The van der Waals surface area contributed by atoms with E-state index in [-0.39, 0.29) is 57.6 Å². The van der Waals surface area contributed by atoms with Gasteiger partial charge >= 0.3 is 24.0 Å². The minimum absolute atomic E-state index is 0.00566. The number of carbonyl (C=O) groups excluding carboxylic acids is 6. The number of rotatable bonds is 18. The van der Waals surface area contributed by atoms with Crippen molar-refractivity contribution < 1.29 is 52.6 Å². The van der Waals surface area contributed by atoms with Gasteiger partial charge in [-0.2, -0.15) is 0 Å². The van der Waals surface area contributed by atoms with Gasteiger partial charge in [0.1, 0.15) is 23.7 Å². The first-order valence-corrected chi connectivity index (χ1v) is 14.9. The third kappa shape index (κ3) is 15.3. The Morgan fingerprint density at radius 2 is 1.22 bits per heavy atom. The summed E-state index contributed by atoms with van der Waals surface area (Å²) in [7, 11) is 0. The number of non-ortho nitro benzene ring substituents is 1. The molecule has 0 saturated heterocycles. The quantitative estimate of drug-likeness (QED) is 0.0900. The Bertz CT molecular complexity index is 1210. The van der Waals surface area contributed by atoms with Gasteiger partial charge in [-0.15, -0.1) is 0 Å². The maximum absolute atomic E-state index is 13.6. The monoisotopic (exact) mass is 652 g/mol. The summed E-state index contributed by atoms with van der Waals surface area (Å²) in [5.41, 5.74) is -0.651. The van der Waals surface area contributed by atoms with Gasteiger partial charge in [-0.25, -0.2) is 9.59 Å². The molecule has 0 aromatic heterocycles. The molecule has 46 heavy (non-hydrogen) atoms. The molecular weight excluding hydrogens is 608 g/mol. The average molecular weight is 653 g/mol. The van der Waals surface area contributed by atoms with Crippen LogP contribution in [0, 0.1) is 10.1 Å². The number of esters is 3. The van der Waals surface area contributed by atoms with Gasteiger partial charge in [-0.05, 0) is 59.9 Å². The predicted octanol–water partition coefficient (Wildman–Crippen LogP) is 2.25. The third-order valence-electron chi connectivity index (χ3n) is 6.00. The van der Waals surface area contributed by atoms with Crippen molar-refractivity contribution in [1.29, 1.82) is 0 Å². The standard InChI is InChI=1S/C30H44N4O12/c1-7-43-24(35)16-14-21(26(37)32-22(28(39)45-9-3)15-17-25(36)44-8-2)31-27(38)23(33-29(40)46-30(4,5)6)18-19-10-12-20(13-11-19)34(41)42/h10-13,21-23H,7-9,14-18H2,1-6H3,(H,31,38)(H,32,37)(H,33,40)/t21-,22-,23+/m0/s1. The molecule has 1 aromatic rings. The molecule has 3 atom stereocenters. The van der Waals surface area contributed by atoms with Gasteiger partial charge in [0, 0.05) is 31.4 Å². The molecule has 0 bridgehead atoms. The van der Waals surface area contributed by atoms with Gasteiger partial charge in [0.15, 0.2) is 0 Å². The van der Waals surface area contributed by atoms with Gasteiger partial charge in [0.2, 0.25) is 11.8 Å². The van der Waals surface area contributed by atoms with Crippen molar-refractivity contribution in [1.82, 2.24) is 16.0 Å². The smallest absolute Gasteiger partial charge is 0.408 e. The van der Waals surface area contributed by atoms with E-state index in [0.717, 1.165) is 0 Å². The second kappa shape index (κ2) is 19.6. The van der Waals surface area contributed by atoms with Gasteiger partial charge < -0.3 is 34.9 Å². The molecule has 0 heterocycles. The van der Waals surface area contributed by atoms with E-state index in [2.05, 4.69) is 16.0 Å². The number of nitrogens with zero attached hydrogens (tertiary/aromatic N) is 1. The molecule has 0 saturated carbocycles. The van der Waals surface area contributed by atoms with Gasteiger partial charge in [-0.3, -0.25) is 29.3 Å². The molecule has 3 N–H and O–H groups in total. The number of carbonyl (C=O) groups is 6. The molecule has 0 aliphatic heterocycles. The number of amides is 3. The van der Waals surface area contributed by atoms with Gasteiger partial charge in [-0.1, -0.05) is 12.1 Å². The summed E-state index contributed by atoms with van der Waals surface area (Å²) in [6, 6.07) is 1.27. The van der Waals surface area contributed by atoms with Crippen molar-refractivity contribution in [2.24, 2.45) is 0 Å². The van der Waals surface area contributed by atoms with E-state index in [4.69, 9.17) is 18.9 Å². The summed E-state index contributed by atoms with van der Waals surface area (Å²) in [6.07, 6.45) is -2.00. The zero-order valence-electron chi connectivity index (χ0n) is 27.0. The van der Waals surface area contributed by atoms with E-state index in [0.29, 0.717) is 5.56 Å². The minimum atomic E-state index is -1.41. The fourth-order valence-corrected chi connectivity index (χ4v) is 3.94. The molecular formula is C30H44N4O12. The van der Waals surface area contributed by atoms with Crippen LogP contribution in [-0.2, 0) is 49.3 Å². The molecule has 16 heteroatoms. The minimum Gasteiger partial charge on any atom is -0.466 e. The third-order valence-corrected chi connectivity index (χ3v) is 6.00. The van der Waals surface area contributed by atoms with Crippen molar-refractivity contribution >= 4 is 41.5 Å². The van der Waals surface area contributed by atoms with Gasteiger partial charge in [0.25, 0.3) is 5.69 Å². The summed E-state index contributed by atoms with van der Waals surface area (Å²) in [4.78, 5) is 86.8. The van der Waals surface area contributed by atoms with Crippen molar-refractivity contribution in [3.63, 3.8) is 0 Å². The van der Waals surface area contributed by atoms with Crippen LogP contribution in [0.25, 0.3) is 0 Å². The molecule has 3 amide bonds. The first-order chi connectivity index (χ1) is 21.6. The van der Waals surface area contributed by atoms with E-state index in [9.17, 15) is 38.9 Å². The fourth-order valence-electron chi connectivity index (χ4n) is 3.94. The largest absolute Gasteiger partial charge is 0.466 e. The van der Waals surface area contributed by atoms with Crippen LogP contribution < -0.4 is 16.0 Å². The lowest BCUT2D eigenvalue weighted by Gasteiger charge is -2.26. The second-order valence-corrected chi connectivity index (χ2v) is 10.9. The number of ether oxygens (including phenoxy) is 4. The highest BCUT2D eigenvalue weighted by Gasteiger charge is 2.32. The number of nitro groups is 1. The Morgan fingerprint density at radius 3 is 1.70 bits per heavy atom. The summed E-state index contributed by atoms with van der Waals surface area (Å²) in [5.74, 6) is -3.79. The summed E-state index contributed by atoms with van der Waals surface area (Å²) in [6.45, 7) is 9.84. The number of alkyl carbamates (subject to hydrolysis) is 1. The van der Waals surface area contributed by atoms with Crippen LogP contribution in [0.3, 0.4) is 0 Å². The molecule has 0 aliphatic rings. The SMILES string of the molecule is CCOC(=O)CC[C@H](NC(=O)[C@@H](Cc1ccc([N+](=O)[O-])cc1)NC(=O)OC(C)(C)C)C(=O)N[C@@H](CCC(=O)OCC)C(=O)OCC. The predicted molar refractivity (Wildman–Crippen MR) is 162 cm³/mol. The Labute approximate surface area is 267 Å². The maximum Gasteiger partial charge on any atom is 0.408 e. The van der Waals surface area contributed by atoms with Crippen LogP contribution in [0.2, 0.25) is 0 Å². The number of nitro benzene ring substituents is 1. The van der Waals surface area contributed by atoms with Crippen LogP contribution >= 0.6 is 0 Å². The van der Waals surface area contributed by atoms with E-state index in [1.165, 1.54) is 24.3 Å². The van der Waals surface area contributed by atoms with Gasteiger partial charge in [0.05, 0.1) is 24.7 Å². The molecule has 0 fully saturated rings. The van der Waals surface area contributed by atoms with Crippen molar-refractivity contribution in [3.8, 4) is 0 Å². The maximum atomic E-state index is 13.6. The van der Waals surface area contributed by atoms with E-state index >= 15 is 0 Å². The highest BCUT2D eigenvalue weighted by atomic mass is 16.6. The number of hydrogen-bond acceptors (Lipinski definition) is 12. The van der Waals surface area contributed by atoms with Crippen LogP contribution in [0.15, 0.2) is 24.3 Å². The van der Waals surface area contributed by atoms with E-state index in [1.807, 2.05) is 0 Å². The lowest BCUT2D eigenvalue weighted by Crippen LogP contribution is -2.56. The van der Waals surface area contributed by atoms with Crippen molar-refractivity contribution in [2.45, 2.75) is 97.4 Å². The number of benzene rings is 1. The number of nitrogens with one attached hydrogen (secondary N) is 3. The lowest BCUT2D eigenvalue weighted by atomic mass is 10.0. The highest BCUT2D eigenvalue weighted by Crippen LogP contribution is 2.15. The summed E-state index contributed by atoms with van der Waals surface area (Å²) < 4.78 is 20.1. The Kier molecular flexibility index (Phi) is 16.7. The van der Waals surface area contributed by atoms with Crippen LogP contribution in [-0.4, -0.2) is 84.3 Å². The topological polar surface area (TPSA) is 219 Å². The normalized spacial score (nSPS) is 12.8. The van der Waals surface area contributed by atoms with Crippen LogP contribution in [0.1, 0.15) is 72.8 Å². The average Bonchev–Trinajstić information content (AvgIpc) is 2.96. The molecule has 16 nitrogen and oxygen atoms in total. The van der Waals surface area contributed by atoms with E-state index in [1.54, 1.807) is 41.5 Å². The molecule has 256 valence electrons. The molecule has 0 spiro atoms. The molecule has 0 radical (unpaired) electrons. The van der Waals surface area contributed by atoms with Crippen molar-refractivity contribution in [3.05, 3.63) is 39.9 Å². The lowest BCUT2D eigenvalue weighted by molar-refractivity contribution is -0.384. The molecule has 0 unspecified atom stereocenters. The van der Waals surface area contributed by atoms with Crippen molar-refractivity contribution in [2.75, 3.05) is 19.8 Å². The molecule has 1 rings (SSSR count). The summed E-state index contributed by atoms with van der Waals surface area (Å²) >= 11 is 0. The Morgan fingerprint density at radius 1 is 0.739 bits per heavy atom. The zero-order chi connectivity index (χ0) is 34.9. The second-order valence-electron chi connectivity index (χ2n) is 10.9. The fraction of sp³-hybridized carbons (Fsp3) is 0.600. The molecule has 0 aliphatic carbocycles. The first kappa shape index (κ1) is 39.3. The first-order valence-electron chi connectivity index (χ1n) is 14.9. The van der Waals surface area contributed by atoms with E-state index < -0.39 is 64.5 Å². The molecule has 1 aromatic carbocycles. The van der Waals surface area contributed by atoms with Crippen LogP contribution in [0.4, 0.5) is 10.5 Å². The highest BCUT2D eigenvalue weighted by molar-refractivity contribution is 5.93. The Hall–Kier alpha value is -4.76. The summed E-state index contributed by atoms with van der Waals surface area (Å²) in [5, 5.41) is 18.5. The Balaban J connectivity index is 3.31. The number of hydrogen-bond donors (Lipinski definition) is 3.